The minimum atomic E-state index is -4.53. The summed E-state index contributed by atoms with van der Waals surface area (Å²) in [6, 6.07) is 6.53. The van der Waals surface area contributed by atoms with Gasteiger partial charge in [-0.1, -0.05) is 18.2 Å². The third-order valence-electron chi connectivity index (χ3n) is 5.56. The van der Waals surface area contributed by atoms with Crippen LogP contribution in [0.4, 0.5) is 10.3 Å². The molecule has 17 heteroatoms. The second-order valence-corrected chi connectivity index (χ2v) is 10.7. The van der Waals surface area contributed by atoms with E-state index >= 15 is 4.39 Å². The number of esters is 1. The minimum Gasteiger partial charge on any atom is -0.462 e. The number of benzene rings is 1. The van der Waals surface area contributed by atoms with Gasteiger partial charge in [0.15, 0.2) is 17.4 Å². The molecule has 0 radical (unpaired) electrons. The molecular weight excluding hydrogens is 542 g/mol. The molecule has 3 aromatic rings. The lowest BCUT2D eigenvalue weighted by Crippen LogP contribution is -2.44. The molecule has 0 amide bonds. The fourth-order valence-corrected chi connectivity index (χ4v) is 5.23. The van der Waals surface area contributed by atoms with Crippen molar-refractivity contribution in [1.82, 2.24) is 24.6 Å². The van der Waals surface area contributed by atoms with Gasteiger partial charge in [0.25, 0.3) is 11.4 Å². The molecule has 3 heterocycles. The number of ether oxygens (including phenoxy) is 2. The molecule has 212 valence electrons. The summed E-state index contributed by atoms with van der Waals surface area (Å²) in [5, 5.41) is 23.5. The number of anilines is 1. The van der Waals surface area contributed by atoms with E-state index in [0.717, 1.165) is 10.9 Å². The first-order chi connectivity index (χ1) is 18.3. The van der Waals surface area contributed by atoms with Gasteiger partial charge in [-0.2, -0.15) is 10.1 Å². The van der Waals surface area contributed by atoms with Crippen LogP contribution in [0.2, 0.25) is 0 Å². The van der Waals surface area contributed by atoms with E-state index in [1.807, 2.05) is 0 Å². The van der Waals surface area contributed by atoms with Crippen LogP contribution >= 0.6 is 7.75 Å². The van der Waals surface area contributed by atoms with Gasteiger partial charge in [0.2, 0.25) is 5.95 Å². The van der Waals surface area contributed by atoms with Gasteiger partial charge in [-0.25, -0.2) is 13.9 Å². The Labute approximate surface area is 220 Å². The maximum atomic E-state index is 15.9. The second-order valence-electron chi connectivity index (χ2n) is 9.02. The van der Waals surface area contributed by atoms with Crippen molar-refractivity contribution in [2.24, 2.45) is 0 Å². The number of para-hydroxylation sites is 1. The van der Waals surface area contributed by atoms with Crippen molar-refractivity contribution in [3.63, 3.8) is 0 Å². The number of halogens is 1. The van der Waals surface area contributed by atoms with E-state index in [9.17, 15) is 24.4 Å². The van der Waals surface area contributed by atoms with Gasteiger partial charge in [-0.05, 0) is 32.9 Å². The zero-order valence-electron chi connectivity index (χ0n) is 21.1. The second kappa shape index (κ2) is 11.0. The molecular formula is C22H28FN6O9P. The van der Waals surface area contributed by atoms with Crippen molar-refractivity contribution in [2.75, 3.05) is 12.3 Å². The van der Waals surface area contributed by atoms with Crippen LogP contribution in [0, 0.1) is 0 Å². The molecule has 15 nitrogen and oxygen atoms in total. The number of aromatic nitrogens is 4. The first-order valence-electron chi connectivity index (χ1n) is 11.7. The Bertz CT molecular complexity index is 1440. The Morgan fingerprint density at radius 3 is 2.69 bits per heavy atom. The number of aliphatic hydroxyl groups excluding tert-OH is 2. The number of hydrogen-bond acceptors (Lipinski definition) is 12. The molecule has 39 heavy (non-hydrogen) atoms. The van der Waals surface area contributed by atoms with Crippen LogP contribution in [0.25, 0.3) is 11.2 Å². The molecule has 1 aromatic carbocycles. The monoisotopic (exact) mass is 570 g/mol. The quantitative estimate of drug-likeness (QED) is 0.168. The molecule has 4 rings (SSSR count). The van der Waals surface area contributed by atoms with Gasteiger partial charge in [0, 0.05) is 0 Å². The summed E-state index contributed by atoms with van der Waals surface area (Å²) in [5.74, 6) is -4.11. The predicted octanol–water partition coefficient (Wildman–Crippen LogP) is 0.752. The normalized spacial score (nSPS) is 25.5. The van der Waals surface area contributed by atoms with Crippen molar-refractivity contribution in [3.05, 3.63) is 47.0 Å². The highest BCUT2D eigenvalue weighted by molar-refractivity contribution is 7.52. The number of nitrogens with one attached hydrogen (secondary N) is 2. The fraction of sp³-hybridized carbons (Fsp3) is 0.455. The zero-order chi connectivity index (χ0) is 28.5. The zero-order valence-corrected chi connectivity index (χ0v) is 21.9. The predicted molar refractivity (Wildman–Crippen MR) is 133 cm³/mol. The lowest BCUT2D eigenvalue weighted by molar-refractivity contribution is -0.202. The van der Waals surface area contributed by atoms with Crippen LogP contribution in [-0.2, 0) is 23.4 Å². The summed E-state index contributed by atoms with van der Waals surface area (Å²) in [6.45, 7) is 3.37. The molecule has 0 bridgehead atoms. The average Bonchev–Trinajstić information content (AvgIpc) is 3.38. The van der Waals surface area contributed by atoms with E-state index in [2.05, 4.69) is 20.0 Å². The number of nitrogen functional groups attached to an aromatic ring is 1. The number of aliphatic hydroxyl groups is 2. The number of imidazole rings is 1. The fourth-order valence-electron chi connectivity index (χ4n) is 3.73. The number of H-pyrrole nitrogens is 1. The lowest BCUT2D eigenvalue weighted by Gasteiger charge is -2.27. The number of rotatable bonds is 10. The van der Waals surface area contributed by atoms with Crippen LogP contribution in [0.3, 0.4) is 0 Å². The highest BCUT2D eigenvalue weighted by Gasteiger charge is 2.57. The average molecular weight is 570 g/mol. The third kappa shape index (κ3) is 6.11. The molecule has 1 saturated heterocycles. The van der Waals surface area contributed by atoms with Gasteiger partial charge in [0.05, 0.1) is 12.4 Å². The van der Waals surface area contributed by atoms with Gasteiger partial charge in [-0.3, -0.25) is 23.7 Å². The summed E-state index contributed by atoms with van der Waals surface area (Å²) in [5.41, 5.74) is 4.57. The summed E-state index contributed by atoms with van der Waals surface area (Å²) in [4.78, 5) is 34.4. The maximum Gasteiger partial charge on any atom is 0.459 e. The first-order valence-corrected chi connectivity index (χ1v) is 13.3. The Kier molecular flexibility index (Phi) is 8.07. The third-order valence-corrected chi connectivity index (χ3v) is 7.18. The van der Waals surface area contributed by atoms with Gasteiger partial charge in [-0.15, -0.1) is 0 Å². The number of carbonyl (C=O) groups is 1. The molecule has 1 aliphatic rings. The molecule has 6 atom stereocenters. The molecule has 1 aliphatic heterocycles. The summed E-state index contributed by atoms with van der Waals surface area (Å²) >= 11 is 0. The van der Waals surface area contributed by atoms with Crippen molar-refractivity contribution >= 4 is 30.8 Å². The first kappa shape index (κ1) is 28.6. The van der Waals surface area contributed by atoms with E-state index < -0.39 is 62.3 Å². The Hall–Kier alpha value is -3.40. The Morgan fingerprint density at radius 2 is 2.03 bits per heavy atom. The summed E-state index contributed by atoms with van der Waals surface area (Å²) in [6.07, 6.45) is -5.17. The number of hydrogen-bond donors (Lipinski definition) is 5. The summed E-state index contributed by atoms with van der Waals surface area (Å²) in [7, 11) is -4.53. The summed E-state index contributed by atoms with van der Waals surface area (Å²) < 4.78 is 51.7. The number of carbonyl (C=O) groups excluding carboxylic acids is 1. The standard InChI is InChI=1S/C22H28FN6O9P/c1-11(2)36-20(33)12(3)28-39(34,38-13-7-5-4-6-8-13)35-9-22(23)16(31)15(30)19(37-22)29-10-25-14-17(29)26-21(24)27-18(14)32/h4-8,10-12,15-16,19,30-31H,9H2,1-3H3,(H,28,34)(H3,24,26,27,32)/t12-,15-,16+,19?,22-,39?/m1/s1. The molecule has 0 aliphatic carbocycles. The van der Waals surface area contributed by atoms with Crippen LogP contribution in [-0.4, -0.2) is 72.5 Å². The number of aromatic amines is 1. The minimum absolute atomic E-state index is 0.0650. The van der Waals surface area contributed by atoms with Gasteiger partial charge in [0.1, 0.15) is 30.6 Å². The van der Waals surface area contributed by atoms with Crippen LogP contribution in [0.5, 0.6) is 5.75 Å². The SMILES string of the molecule is CC(C)OC(=O)[C@@H](C)NP(=O)(OC[C@@]1(F)OC(n2cnc3c(=O)[nH]c(N)nc32)[C@H](O)[C@@H]1O)Oc1ccccc1. The molecule has 1 fully saturated rings. The van der Waals surface area contributed by atoms with Crippen LogP contribution in [0.1, 0.15) is 27.0 Å². The highest BCUT2D eigenvalue weighted by Crippen LogP contribution is 2.48. The Balaban J connectivity index is 1.57. The molecule has 2 aromatic heterocycles. The van der Waals surface area contributed by atoms with E-state index in [4.69, 9.17) is 24.3 Å². The van der Waals surface area contributed by atoms with Crippen molar-refractivity contribution in [2.45, 2.75) is 57.2 Å². The van der Waals surface area contributed by atoms with E-state index in [0.29, 0.717) is 0 Å². The number of alkyl halides is 1. The van der Waals surface area contributed by atoms with E-state index in [1.165, 1.54) is 19.1 Å². The van der Waals surface area contributed by atoms with Crippen LogP contribution in [0.15, 0.2) is 41.5 Å². The topological polar surface area (TPSA) is 213 Å². The Morgan fingerprint density at radius 1 is 1.33 bits per heavy atom. The van der Waals surface area contributed by atoms with Crippen molar-refractivity contribution < 1.29 is 42.5 Å². The smallest absolute Gasteiger partial charge is 0.459 e. The lowest BCUT2D eigenvalue weighted by atomic mass is 10.1. The molecule has 0 spiro atoms. The van der Waals surface area contributed by atoms with E-state index in [1.54, 1.807) is 32.0 Å². The molecule has 6 N–H and O–H groups in total. The number of nitrogens with two attached hydrogens (primary N) is 1. The highest BCUT2D eigenvalue weighted by atomic mass is 31.2. The number of nitrogens with zero attached hydrogens (tertiary/aromatic N) is 3. The molecule has 0 saturated carbocycles. The van der Waals surface area contributed by atoms with Gasteiger partial charge < -0.3 is 29.9 Å². The number of fused-ring (bicyclic) bond motifs is 1. The van der Waals surface area contributed by atoms with Crippen molar-refractivity contribution in [3.8, 4) is 5.75 Å². The van der Waals surface area contributed by atoms with E-state index in [-0.39, 0.29) is 22.9 Å². The largest absolute Gasteiger partial charge is 0.462 e. The van der Waals surface area contributed by atoms with Crippen molar-refractivity contribution in [1.29, 1.82) is 0 Å². The van der Waals surface area contributed by atoms with Gasteiger partial charge >= 0.3 is 13.7 Å². The molecule has 2 unspecified atom stereocenters. The maximum absolute atomic E-state index is 15.9. The van der Waals surface area contributed by atoms with Crippen LogP contribution < -0.4 is 20.9 Å².